The Hall–Kier alpha value is -0.980. The molecular formula is C26H46O. The lowest BCUT2D eigenvalue weighted by atomic mass is 10.0. The zero-order valence-corrected chi connectivity index (χ0v) is 18.2. The predicted molar refractivity (Wildman–Crippen MR) is 121 cm³/mol. The normalized spacial score (nSPS) is 11.1. The summed E-state index contributed by atoms with van der Waals surface area (Å²) in [5.41, 5.74) is 1.27. The number of hydrogen-bond acceptors (Lipinski definition) is 1. The Kier molecular flexibility index (Phi) is 16.4. The molecule has 0 aliphatic carbocycles. The van der Waals surface area contributed by atoms with Gasteiger partial charge in [0.2, 0.25) is 0 Å². The fourth-order valence-corrected chi connectivity index (χ4v) is 3.94. The molecule has 0 radical (unpaired) electrons. The van der Waals surface area contributed by atoms with Gasteiger partial charge in [-0.2, -0.15) is 0 Å². The van der Waals surface area contributed by atoms with Crippen molar-refractivity contribution in [1.82, 2.24) is 0 Å². The van der Waals surface area contributed by atoms with Crippen molar-refractivity contribution in [3.05, 3.63) is 29.8 Å². The van der Waals surface area contributed by atoms with Gasteiger partial charge in [-0.1, -0.05) is 128 Å². The number of aromatic hydroxyl groups is 1. The maximum Gasteiger partial charge on any atom is 0.115 e. The molecule has 0 saturated carbocycles. The molecule has 0 fully saturated rings. The molecular weight excluding hydrogens is 328 g/mol. The standard InChI is InChI=1S/C26H46O/c1-2-3-4-5-6-7-8-9-10-11-12-13-14-15-16-17-18-19-21-25-22-20-23-26(27)24-25/h20,22-24,27H,2-19,21H2,1H3. The van der Waals surface area contributed by atoms with E-state index in [1.807, 2.05) is 12.1 Å². The zero-order valence-electron chi connectivity index (χ0n) is 18.2. The number of phenolic OH excluding ortho intramolecular Hbond substituents is 1. The van der Waals surface area contributed by atoms with Crippen LogP contribution in [-0.4, -0.2) is 5.11 Å². The van der Waals surface area contributed by atoms with Crippen LogP contribution in [0.3, 0.4) is 0 Å². The van der Waals surface area contributed by atoms with Gasteiger partial charge >= 0.3 is 0 Å². The molecule has 1 aromatic rings. The van der Waals surface area contributed by atoms with Crippen molar-refractivity contribution in [3.8, 4) is 5.75 Å². The second-order valence-electron chi connectivity index (χ2n) is 8.43. The molecule has 1 N–H and O–H groups in total. The van der Waals surface area contributed by atoms with Gasteiger partial charge in [0, 0.05) is 0 Å². The molecule has 0 aromatic heterocycles. The lowest BCUT2D eigenvalue weighted by molar-refractivity contribution is 0.474. The molecule has 0 spiro atoms. The van der Waals surface area contributed by atoms with Gasteiger partial charge in [-0.3, -0.25) is 0 Å². The third-order valence-electron chi connectivity index (χ3n) is 5.73. The summed E-state index contributed by atoms with van der Waals surface area (Å²) >= 11 is 0. The van der Waals surface area contributed by atoms with E-state index in [0.717, 1.165) is 6.42 Å². The summed E-state index contributed by atoms with van der Waals surface area (Å²) < 4.78 is 0. The van der Waals surface area contributed by atoms with Crippen LogP contribution in [0.15, 0.2) is 24.3 Å². The highest BCUT2D eigenvalue weighted by atomic mass is 16.3. The third kappa shape index (κ3) is 15.7. The molecule has 1 rings (SSSR count). The Bertz CT molecular complexity index is 426. The fraction of sp³-hybridized carbons (Fsp3) is 0.769. The summed E-state index contributed by atoms with van der Waals surface area (Å²) in [7, 11) is 0. The van der Waals surface area contributed by atoms with Gasteiger partial charge in [-0.05, 0) is 30.5 Å². The van der Waals surface area contributed by atoms with Crippen molar-refractivity contribution >= 4 is 0 Å². The van der Waals surface area contributed by atoms with E-state index in [4.69, 9.17) is 0 Å². The van der Waals surface area contributed by atoms with Gasteiger partial charge < -0.3 is 5.11 Å². The minimum absolute atomic E-state index is 0.398. The first kappa shape index (κ1) is 24.1. The number of hydrogen-bond donors (Lipinski definition) is 1. The molecule has 1 heteroatoms. The predicted octanol–water partition coefficient (Wildman–Crippen LogP) is 8.98. The van der Waals surface area contributed by atoms with E-state index in [9.17, 15) is 5.11 Å². The second-order valence-corrected chi connectivity index (χ2v) is 8.43. The molecule has 0 bridgehead atoms. The summed E-state index contributed by atoms with van der Waals surface area (Å²) in [6.45, 7) is 2.29. The van der Waals surface area contributed by atoms with Crippen molar-refractivity contribution in [2.75, 3.05) is 0 Å². The maximum absolute atomic E-state index is 9.46. The number of benzene rings is 1. The zero-order chi connectivity index (χ0) is 19.4. The lowest BCUT2D eigenvalue weighted by Crippen LogP contribution is -1.86. The summed E-state index contributed by atoms with van der Waals surface area (Å²) in [6, 6.07) is 7.71. The largest absolute Gasteiger partial charge is 0.508 e. The summed E-state index contributed by atoms with van der Waals surface area (Å²) in [5, 5.41) is 9.46. The summed E-state index contributed by atoms with van der Waals surface area (Å²) in [6.07, 6.45) is 26.7. The van der Waals surface area contributed by atoms with Gasteiger partial charge in [0.25, 0.3) is 0 Å². The highest BCUT2D eigenvalue weighted by molar-refractivity contribution is 5.27. The first-order valence-electron chi connectivity index (χ1n) is 12.1. The monoisotopic (exact) mass is 374 g/mol. The molecule has 1 nitrogen and oxygen atoms in total. The van der Waals surface area contributed by atoms with Crippen molar-refractivity contribution in [2.24, 2.45) is 0 Å². The number of phenols is 1. The van der Waals surface area contributed by atoms with Gasteiger partial charge in [0.15, 0.2) is 0 Å². The van der Waals surface area contributed by atoms with Gasteiger partial charge in [-0.15, -0.1) is 0 Å². The number of unbranched alkanes of at least 4 members (excludes halogenated alkanes) is 17. The fourth-order valence-electron chi connectivity index (χ4n) is 3.94. The topological polar surface area (TPSA) is 20.2 Å². The third-order valence-corrected chi connectivity index (χ3v) is 5.73. The van der Waals surface area contributed by atoms with Crippen LogP contribution in [0.25, 0.3) is 0 Å². The minimum atomic E-state index is 0.398. The molecule has 0 unspecified atom stereocenters. The van der Waals surface area contributed by atoms with Crippen LogP contribution in [0.4, 0.5) is 0 Å². The second kappa shape index (κ2) is 18.4. The van der Waals surface area contributed by atoms with Crippen molar-refractivity contribution in [1.29, 1.82) is 0 Å². The Morgan fingerprint density at radius 2 is 0.963 bits per heavy atom. The molecule has 0 saturated heterocycles. The van der Waals surface area contributed by atoms with E-state index in [2.05, 4.69) is 13.0 Å². The van der Waals surface area contributed by atoms with Gasteiger partial charge in [0.05, 0.1) is 0 Å². The van der Waals surface area contributed by atoms with Crippen molar-refractivity contribution in [2.45, 2.75) is 129 Å². The molecule has 0 amide bonds. The van der Waals surface area contributed by atoms with E-state index in [0.29, 0.717) is 5.75 Å². The van der Waals surface area contributed by atoms with Crippen LogP contribution in [0.2, 0.25) is 0 Å². The maximum atomic E-state index is 9.46. The van der Waals surface area contributed by atoms with E-state index in [1.54, 1.807) is 6.07 Å². The highest BCUT2D eigenvalue weighted by Crippen LogP contribution is 2.16. The van der Waals surface area contributed by atoms with Gasteiger partial charge in [0.1, 0.15) is 5.75 Å². The van der Waals surface area contributed by atoms with E-state index < -0.39 is 0 Å². The molecule has 0 aliphatic heterocycles. The molecule has 0 heterocycles. The molecule has 27 heavy (non-hydrogen) atoms. The molecule has 156 valence electrons. The Balaban J connectivity index is 1.72. The average Bonchev–Trinajstić information content (AvgIpc) is 2.67. The van der Waals surface area contributed by atoms with Crippen LogP contribution >= 0.6 is 0 Å². The quantitative estimate of drug-likeness (QED) is 0.239. The van der Waals surface area contributed by atoms with E-state index >= 15 is 0 Å². The van der Waals surface area contributed by atoms with Crippen LogP contribution < -0.4 is 0 Å². The molecule has 0 atom stereocenters. The first-order chi connectivity index (χ1) is 13.3. The first-order valence-corrected chi connectivity index (χ1v) is 12.1. The minimum Gasteiger partial charge on any atom is -0.508 e. The van der Waals surface area contributed by atoms with Crippen LogP contribution in [-0.2, 0) is 6.42 Å². The Morgan fingerprint density at radius 1 is 0.556 bits per heavy atom. The highest BCUT2D eigenvalue weighted by Gasteiger charge is 1.97. The van der Waals surface area contributed by atoms with Crippen LogP contribution in [0.1, 0.15) is 128 Å². The number of rotatable bonds is 19. The van der Waals surface area contributed by atoms with E-state index in [1.165, 1.54) is 121 Å². The summed E-state index contributed by atoms with van der Waals surface area (Å²) in [5.74, 6) is 0.398. The SMILES string of the molecule is CCCCCCCCCCCCCCCCCCCCc1cccc(O)c1. The average molecular weight is 375 g/mol. The van der Waals surface area contributed by atoms with Gasteiger partial charge in [-0.25, -0.2) is 0 Å². The Morgan fingerprint density at radius 3 is 1.37 bits per heavy atom. The lowest BCUT2D eigenvalue weighted by Gasteiger charge is -2.04. The van der Waals surface area contributed by atoms with Crippen molar-refractivity contribution < 1.29 is 5.11 Å². The smallest absolute Gasteiger partial charge is 0.115 e. The van der Waals surface area contributed by atoms with E-state index in [-0.39, 0.29) is 0 Å². The van der Waals surface area contributed by atoms with Crippen LogP contribution in [0, 0.1) is 0 Å². The number of aryl methyl sites for hydroxylation is 1. The summed E-state index contributed by atoms with van der Waals surface area (Å²) in [4.78, 5) is 0. The van der Waals surface area contributed by atoms with Crippen molar-refractivity contribution in [3.63, 3.8) is 0 Å². The Labute approximate surface area is 170 Å². The molecule has 1 aromatic carbocycles. The van der Waals surface area contributed by atoms with Crippen LogP contribution in [0.5, 0.6) is 5.75 Å². The molecule has 0 aliphatic rings.